The first-order valence-corrected chi connectivity index (χ1v) is 8.22. The largest absolute Gasteiger partial charge is 0.441 e. The minimum absolute atomic E-state index is 0.199. The quantitative estimate of drug-likeness (QED) is 0.790. The van der Waals surface area contributed by atoms with Crippen LogP contribution < -0.4 is 15.2 Å². The van der Waals surface area contributed by atoms with Crippen molar-refractivity contribution in [2.24, 2.45) is 0 Å². The van der Waals surface area contributed by atoms with E-state index < -0.39 is 0 Å². The van der Waals surface area contributed by atoms with Gasteiger partial charge in [-0.05, 0) is 18.2 Å². The van der Waals surface area contributed by atoms with Crippen LogP contribution in [-0.2, 0) is 4.74 Å². The van der Waals surface area contributed by atoms with Crippen LogP contribution in [-0.4, -0.2) is 37.2 Å². The van der Waals surface area contributed by atoms with Crippen LogP contribution in [0.5, 0.6) is 0 Å². The molecule has 1 aromatic carbocycles. The number of morpholine rings is 1. The van der Waals surface area contributed by atoms with Gasteiger partial charge >= 0.3 is 5.91 Å². The molecular formula is C18H19N4O3+. The number of nitrogens with one attached hydrogen (secondary N) is 2. The summed E-state index contributed by atoms with van der Waals surface area (Å²) < 4.78 is 10.8. The second-order valence-electron chi connectivity index (χ2n) is 5.93. The Labute approximate surface area is 144 Å². The lowest BCUT2D eigenvalue weighted by Crippen LogP contribution is -2.36. The van der Waals surface area contributed by atoms with Crippen LogP contribution in [0.3, 0.4) is 0 Å². The first kappa shape index (κ1) is 15.6. The van der Waals surface area contributed by atoms with Crippen molar-refractivity contribution in [3.05, 3.63) is 48.1 Å². The number of H-pyrrole nitrogens is 1. The molecule has 7 heteroatoms. The van der Waals surface area contributed by atoms with E-state index in [-0.39, 0.29) is 5.91 Å². The average Bonchev–Trinajstić information content (AvgIpc) is 3.02. The molecular weight excluding hydrogens is 320 g/mol. The highest BCUT2D eigenvalue weighted by Gasteiger charge is 2.18. The van der Waals surface area contributed by atoms with Gasteiger partial charge in [-0.2, -0.15) is 0 Å². The molecule has 1 aliphatic rings. The van der Waals surface area contributed by atoms with Crippen LogP contribution in [0.15, 0.2) is 40.9 Å². The van der Waals surface area contributed by atoms with Crippen molar-refractivity contribution in [1.82, 2.24) is 4.98 Å². The number of benzene rings is 1. The van der Waals surface area contributed by atoms with Gasteiger partial charge in [-0.25, -0.2) is 9.97 Å². The predicted octanol–water partition coefficient (Wildman–Crippen LogP) is 2.04. The minimum atomic E-state index is -0.199. The second-order valence-corrected chi connectivity index (χ2v) is 5.93. The molecule has 0 unspecified atom stereocenters. The van der Waals surface area contributed by atoms with E-state index in [4.69, 9.17) is 9.15 Å². The van der Waals surface area contributed by atoms with E-state index in [2.05, 4.69) is 20.2 Å². The highest BCUT2D eigenvalue weighted by molar-refractivity contribution is 6.03. The van der Waals surface area contributed by atoms with E-state index in [1.807, 2.05) is 12.1 Å². The van der Waals surface area contributed by atoms with Crippen LogP contribution in [0, 0.1) is 6.92 Å². The summed E-state index contributed by atoms with van der Waals surface area (Å²) in [6.07, 6.45) is 1.78. The lowest BCUT2D eigenvalue weighted by atomic mass is 10.2. The lowest BCUT2D eigenvalue weighted by Gasteiger charge is -2.28. The number of pyridine rings is 1. The van der Waals surface area contributed by atoms with Crippen LogP contribution >= 0.6 is 0 Å². The first-order valence-electron chi connectivity index (χ1n) is 8.22. The number of aryl methyl sites for hydroxylation is 1. The SMILES string of the molecule is Cc1nc2cc(NC(=O)c3cc(N4CCOCC4)cc[nH+]3)ccc2o1. The fourth-order valence-corrected chi connectivity index (χ4v) is 2.92. The van der Waals surface area contributed by atoms with Crippen molar-refractivity contribution in [2.45, 2.75) is 6.92 Å². The Hall–Kier alpha value is -2.93. The van der Waals surface area contributed by atoms with Crippen LogP contribution in [0.25, 0.3) is 11.1 Å². The van der Waals surface area contributed by atoms with Crippen molar-refractivity contribution in [3.63, 3.8) is 0 Å². The van der Waals surface area contributed by atoms with Crippen molar-refractivity contribution in [1.29, 1.82) is 0 Å². The number of aromatic amines is 1. The third kappa shape index (κ3) is 3.32. The Morgan fingerprint density at radius 2 is 2.08 bits per heavy atom. The molecule has 0 spiro atoms. The monoisotopic (exact) mass is 339 g/mol. The summed E-state index contributed by atoms with van der Waals surface area (Å²) in [6.45, 7) is 4.86. The molecule has 25 heavy (non-hydrogen) atoms. The summed E-state index contributed by atoms with van der Waals surface area (Å²) in [5.74, 6) is 0.402. The smallest absolute Gasteiger partial charge is 0.320 e. The molecule has 0 saturated carbocycles. The number of ether oxygens (including phenoxy) is 1. The summed E-state index contributed by atoms with van der Waals surface area (Å²) in [5.41, 5.74) is 3.61. The highest BCUT2D eigenvalue weighted by atomic mass is 16.5. The summed E-state index contributed by atoms with van der Waals surface area (Å²) >= 11 is 0. The maximum absolute atomic E-state index is 12.6. The van der Waals surface area contributed by atoms with E-state index in [0.717, 1.165) is 24.3 Å². The molecule has 3 heterocycles. The zero-order chi connectivity index (χ0) is 17.2. The van der Waals surface area contributed by atoms with Gasteiger partial charge in [0.2, 0.25) is 0 Å². The molecule has 0 radical (unpaired) electrons. The van der Waals surface area contributed by atoms with Gasteiger partial charge in [0.25, 0.3) is 5.69 Å². The minimum Gasteiger partial charge on any atom is -0.441 e. The zero-order valence-electron chi connectivity index (χ0n) is 13.9. The average molecular weight is 339 g/mol. The van der Waals surface area contributed by atoms with Crippen molar-refractivity contribution >= 4 is 28.4 Å². The third-order valence-electron chi connectivity index (χ3n) is 4.16. The number of hydrogen-bond acceptors (Lipinski definition) is 5. The summed E-state index contributed by atoms with van der Waals surface area (Å²) in [6, 6.07) is 9.23. The summed E-state index contributed by atoms with van der Waals surface area (Å²) in [7, 11) is 0. The van der Waals surface area contributed by atoms with E-state index in [0.29, 0.717) is 36.1 Å². The Bertz CT molecular complexity index is 916. The standard InChI is InChI=1S/C18H18N4O3/c1-12-20-15-10-13(2-3-17(15)25-12)21-18(23)16-11-14(4-5-19-16)22-6-8-24-9-7-22/h2-5,10-11H,6-9H2,1H3,(H,21,23)/p+1. The van der Waals surface area contributed by atoms with Gasteiger partial charge in [0.1, 0.15) is 5.52 Å². The molecule has 1 aliphatic heterocycles. The molecule has 1 amide bonds. The van der Waals surface area contributed by atoms with Gasteiger partial charge in [-0.1, -0.05) is 0 Å². The van der Waals surface area contributed by atoms with E-state index in [1.54, 1.807) is 31.3 Å². The molecule has 7 nitrogen and oxygen atoms in total. The number of carbonyl (C=O) groups is 1. The highest BCUT2D eigenvalue weighted by Crippen LogP contribution is 2.20. The molecule has 3 aromatic rings. The predicted molar refractivity (Wildman–Crippen MR) is 92.7 cm³/mol. The van der Waals surface area contributed by atoms with Crippen molar-refractivity contribution in [3.8, 4) is 0 Å². The normalized spacial score (nSPS) is 14.7. The molecule has 0 atom stereocenters. The topological polar surface area (TPSA) is 81.7 Å². The molecule has 1 saturated heterocycles. The summed E-state index contributed by atoms with van der Waals surface area (Å²) in [4.78, 5) is 22.1. The molecule has 2 N–H and O–H groups in total. The number of rotatable bonds is 3. The number of amides is 1. The van der Waals surface area contributed by atoms with Gasteiger partial charge in [0, 0.05) is 43.5 Å². The van der Waals surface area contributed by atoms with Gasteiger partial charge < -0.3 is 19.4 Å². The maximum Gasteiger partial charge on any atom is 0.320 e. The van der Waals surface area contributed by atoms with Crippen molar-refractivity contribution < 1.29 is 18.9 Å². The van der Waals surface area contributed by atoms with Gasteiger partial charge in [0.15, 0.2) is 17.7 Å². The van der Waals surface area contributed by atoms with Gasteiger partial charge in [-0.15, -0.1) is 0 Å². The fourth-order valence-electron chi connectivity index (χ4n) is 2.92. The van der Waals surface area contributed by atoms with E-state index >= 15 is 0 Å². The third-order valence-corrected chi connectivity index (χ3v) is 4.16. The van der Waals surface area contributed by atoms with Gasteiger partial charge in [-0.3, -0.25) is 4.79 Å². The van der Waals surface area contributed by atoms with Crippen LogP contribution in [0.2, 0.25) is 0 Å². The number of aromatic nitrogens is 2. The number of anilines is 2. The molecule has 4 rings (SSSR count). The number of hydrogen-bond donors (Lipinski definition) is 1. The van der Waals surface area contributed by atoms with E-state index in [9.17, 15) is 4.79 Å². The molecule has 128 valence electrons. The Balaban J connectivity index is 1.53. The first-order chi connectivity index (χ1) is 12.2. The fraction of sp³-hybridized carbons (Fsp3) is 0.278. The number of fused-ring (bicyclic) bond motifs is 1. The second kappa shape index (κ2) is 6.52. The molecule has 1 fully saturated rings. The Morgan fingerprint density at radius 1 is 1.24 bits per heavy atom. The Morgan fingerprint density at radius 3 is 2.92 bits per heavy atom. The molecule has 0 aliphatic carbocycles. The van der Waals surface area contributed by atoms with Crippen LogP contribution in [0.1, 0.15) is 16.4 Å². The summed E-state index contributed by atoms with van der Waals surface area (Å²) in [5, 5.41) is 2.89. The van der Waals surface area contributed by atoms with Crippen molar-refractivity contribution in [2.75, 3.05) is 36.5 Å². The number of oxazole rings is 1. The lowest BCUT2D eigenvalue weighted by molar-refractivity contribution is -0.381. The molecule has 0 bridgehead atoms. The zero-order valence-corrected chi connectivity index (χ0v) is 13.9. The Kier molecular flexibility index (Phi) is 4.07. The van der Waals surface area contributed by atoms with Gasteiger partial charge in [0.05, 0.1) is 13.2 Å². The maximum atomic E-state index is 12.6. The number of carbonyl (C=O) groups excluding carboxylic acids is 1. The van der Waals surface area contributed by atoms with E-state index in [1.165, 1.54) is 0 Å². The van der Waals surface area contributed by atoms with Crippen LogP contribution in [0.4, 0.5) is 11.4 Å². The molecule has 2 aromatic heterocycles. The number of nitrogens with zero attached hydrogens (tertiary/aromatic N) is 2.